The minimum Gasteiger partial charge on any atom is -0.396 e. The van der Waals surface area contributed by atoms with Crippen molar-refractivity contribution in [3.05, 3.63) is 10.4 Å². The van der Waals surface area contributed by atoms with Crippen LogP contribution in [-0.2, 0) is 12.8 Å². The highest BCUT2D eigenvalue weighted by atomic mass is 32.2. The second-order valence-electron chi connectivity index (χ2n) is 4.95. The van der Waals surface area contributed by atoms with Gasteiger partial charge in [-0.1, -0.05) is 11.8 Å². The Morgan fingerprint density at radius 3 is 2.95 bits per heavy atom. The molecule has 1 aliphatic rings. The van der Waals surface area contributed by atoms with Crippen molar-refractivity contribution < 1.29 is 5.11 Å². The molecule has 1 aliphatic carbocycles. The molecule has 2 heterocycles. The molecule has 2 aromatic rings. The minimum atomic E-state index is 0.207. The predicted octanol–water partition coefficient (Wildman–Crippen LogP) is 3.09. The predicted molar refractivity (Wildman–Crippen MR) is 86.0 cm³/mol. The first kappa shape index (κ1) is 14.1. The zero-order valence-electron chi connectivity index (χ0n) is 11.6. The number of nitrogens with one attached hydrogen (secondary N) is 1. The second-order valence-corrected chi connectivity index (χ2v) is 6.81. The second kappa shape index (κ2) is 6.28. The maximum absolute atomic E-state index is 8.94. The maximum atomic E-state index is 8.94. The fraction of sp³-hybridized carbons (Fsp3) is 0.571. The number of thiophene rings is 1. The molecule has 2 N–H and O–H groups in total. The van der Waals surface area contributed by atoms with Crippen LogP contribution in [0.5, 0.6) is 0 Å². The van der Waals surface area contributed by atoms with Gasteiger partial charge in [-0.2, -0.15) is 0 Å². The third-order valence-electron chi connectivity index (χ3n) is 3.60. The summed E-state index contributed by atoms with van der Waals surface area (Å²) in [7, 11) is 0. The van der Waals surface area contributed by atoms with E-state index in [-0.39, 0.29) is 6.61 Å². The van der Waals surface area contributed by atoms with E-state index < -0.39 is 0 Å². The molecule has 0 amide bonds. The number of aliphatic hydroxyl groups is 1. The Bertz CT molecular complexity index is 612. The van der Waals surface area contributed by atoms with Gasteiger partial charge in [0.1, 0.15) is 10.6 Å². The van der Waals surface area contributed by atoms with Crippen molar-refractivity contribution in [3.63, 3.8) is 0 Å². The Kier molecular flexibility index (Phi) is 4.43. The zero-order valence-corrected chi connectivity index (χ0v) is 13.2. The average molecular weight is 309 g/mol. The topological polar surface area (TPSA) is 58.0 Å². The SMILES string of the molecule is CSc1nc(NCCCO)c2c3c(sc2n1)CCCC3. The van der Waals surface area contributed by atoms with Gasteiger partial charge in [0, 0.05) is 18.0 Å². The van der Waals surface area contributed by atoms with Crippen LogP contribution in [0, 0.1) is 0 Å². The molecule has 0 spiro atoms. The Morgan fingerprint density at radius 2 is 2.15 bits per heavy atom. The van der Waals surface area contributed by atoms with E-state index >= 15 is 0 Å². The number of hydrogen-bond acceptors (Lipinski definition) is 6. The molecule has 6 heteroatoms. The van der Waals surface area contributed by atoms with Gasteiger partial charge in [0.2, 0.25) is 0 Å². The van der Waals surface area contributed by atoms with Crippen molar-refractivity contribution in [3.8, 4) is 0 Å². The van der Waals surface area contributed by atoms with E-state index in [0.29, 0.717) is 0 Å². The lowest BCUT2D eigenvalue weighted by Gasteiger charge is -2.12. The van der Waals surface area contributed by atoms with Crippen LogP contribution in [0.25, 0.3) is 10.2 Å². The Balaban J connectivity index is 2.06. The summed E-state index contributed by atoms with van der Waals surface area (Å²) < 4.78 is 0. The quantitative estimate of drug-likeness (QED) is 0.505. The largest absolute Gasteiger partial charge is 0.396 e. The highest BCUT2D eigenvalue weighted by Crippen LogP contribution is 2.39. The number of anilines is 1. The van der Waals surface area contributed by atoms with Crippen LogP contribution in [0.15, 0.2) is 5.16 Å². The molecule has 3 rings (SSSR count). The average Bonchev–Trinajstić information content (AvgIpc) is 2.85. The third-order valence-corrected chi connectivity index (χ3v) is 5.34. The van der Waals surface area contributed by atoms with Crippen LogP contribution in [0.4, 0.5) is 5.82 Å². The van der Waals surface area contributed by atoms with Crippen LogP contribution >= 0.6 is 23.1 Å². The Morgan fingerprint density at radius 1 is 1.30 bits per heavy atom. The molecular weight excluding hydrogens is 290 g/mol. The third kappa shape index (κ3) is 2.64. The van der Waals surface area contributed by atoms with Gasteiger partial charge >= 0.3 is 0 Å². The van der Waals surface area contributed by atoms with Crippen molar-refractivity contribution in [2.24, 2.45) is 0 Å². The molecule has 0 aromatic carbocycles. The van der Waals surface area contributed by atoms with Gasteiger partial charge in [-0.15, -0.1) is 11.3 Å². The number of aliphatic hydroxyl groups excluding tert-OH is 1. The van der Waals surface area contributed by atoms with E-state index in [1.165, 1.54) is 35.1 Å². The summed E-state index contributed by atoms with van der Waals surface area (Å²) in [6.45, 7) is 0.958. The standard InChI is InChI=1S/C14H19N3OS2/c1-19-14-16-12(15-7-4-8-18)11-9-5-2-3-6-10(9)20-13(11)17-14/h18H,2-8H2,1H3,(H,15,16,17). The summed E-state index contributed by atoms with van der Waals surface area (Å²) >= 11 is 3.41. The van der Waals surface area contributed by atoms with E-state index in [1.54, 1.807) is 11.8 Å². The summed E-state index contributed by atoms with van der Waals surface area (Å²) in [4.78, 5) is 11.9. The molecule has 0 bridgehead atoms. The van der Waals surface area contributed by atoms with Gasteiger partial charge < -0.3 is 10.4 Å². The molecular formula is C14H19N3OS2. The molecule has 108 valence electrons. The number of fused-ring (bicyclic) bond motifs is 3. The van der Waals surface area contributed by atoms with Crippen molar-refractivity contribution >= 4 is 39.1 Å². The number of hydrogen-bond donors (Lipinski definition) is 2. The van der Waals surface area contributed by atoms with Crippen LogP contribution in [0.3, 0.4) is 0 Å². The Labute approximate surface area is 127 Å². The van der Waals surface area contributed by atoms with Crippen LogP contribution in [-0.4, -0.2) is 34.5 Å². The smallest absolute Gasteiger partial charge is 0.190 e. The zero-order chi connectivity index (χ0) is 13.9. The van der Waals surface area contributed by atoms with Crippen LogP contribution < -0.4 is 5.32 Å². The highest BCUT2D eigenvalue weighted by molar-refractivity contribution is 7.98. The van der Waals surface area contributed by atoms with Gasteiger partial charge in [0.05, 0.1) is 5.39 Å². The Hall–Kier alpha value is -0.850. The molecule has 0 saturated heterocycles. The lowest BCUT2D eigenvalue weighted by atomic mass is 9.97. The molecule has 0 atom stereocenters. The fourth-order valence-corrected chi connectivity index (χ4v) is 4.33. The maximum Gasteiger partial charge on any atom is 0.190 e. The summed E-state index contributed by atoms with van der Waals surface area (Å²) in [5, 5.41) is 14.4. The van der Waals surface area contributed by atoms with Crippen molar-refractivity contribution in [2.75, 3.05) is 24.7 Å². The first-order chi connectivity index (χ1) is 9.83. The summed E-state index contributed by atoms with van der Waals surface area (Å²) in [5.74, 6) is 0.951. The molecule has 0 unspecified atom stereocenters. The summed E-state index contributed by atoms with van der Waals surface area (Å²) in [6.07, 6.45) is 7.63. The van der Waals surface area contributed by atoms with E-state index in [4.69, 9.17) is 5.11 Å². The fourth-order valence-electron chi connectivity index (χ4n) is 2.64. The normalized spacial score (nSPS) is 14.5. The van der Waals surface area contributed by atoms with E-state index in [1.807, 2.05) is 17.6 Å². The van der Waals surface area contributed by atoms with Crippen LogP contribution in [0.1, 0.15) is 29.7 Å². The van der Waals surface area contributed by atoms with Crippen LogP contribution in [0.2, 0.25) is 0 Å². The molecule has 2 aromatic heterocycles. The first-order valence-electron chi connectivity index (χ1n) is 7.04. The van der Waals surface area contributed by atoms with E-state index in [2.05, 4.69) is 15.3 Å². The highest BCUT2D eigenvalue weighted by Gasteiger charge is 2.20. The molecule has 0 fully saturated rings. The number of aromatic nitrogens is 2. The monoisotopic (exact) mass is 309 g/mol. The van der Waals surface area contributed by atoms with Gasteiger partial charge in [-0.25, -0.2) is 9.97 Å². The number of thioether (sulfide) groups is 1. The van der Waals surface area contributed by atoms with Crippen molar-refractivity contribution in [1.82, 2.24) is 9.97 Å². The number of aryl methyl sites for hydroxylation is 2. The molecule has 0 radical (unpaired) electrons. The van der Waals surface area contributed by atoms with E-state index in [9.17, 15) is 0 Å². The van der Waals surface area contributed by atoms with Gasteiger partial charge in [-0.3, -0.25) is 0 Å². The van der Waals surface area contributed by atoms with E-state index in [0.717, 1.165) is 35.2 Å². The van der Waals surface area contributed by atoms with Crippen molar-refractivity contribution in [2.45, 2.75) is 37.3 Å². The van der Waals surface area contributed by atoms with Gasteiger partial charge in [-0.05, 0) is 43.9 Å². The molecule has 20 heavy (non-hydrogen) atoms. The number of nitrogens with zero attached hydrogens (tertiary/aromatic N) is 2. The summed E-state index contributed by atoms with van der Waals surface area (Å²) in [6, 6.07) is 0. The first-order valence-corrected chi connectivity index (χ1v) is 9.08. The molecule has 0 saturated carbocycles. The minimum absolute atomic E-state index is 0.207. The van der Waals surface area contributed by atoms with Gasteiger partial charge in [0.15, 0.2) is 5.16 Å². The lowest BCUT2D eigenvalue weighted by molar-refractivity contribution is 0.292. The van der Waals surface area contributed by atoms with Crippen molar-refractivity contribution in [1.29, 1.82) is 0 Å². The number of rotatable bonds is 5. The lowest BCUT2D eigenvalue weighted by Crippen LogP contribution is -2.07. The molecule has 0 aliphatic heterocycles. The molecule has 4 nitrogen and oxygen atoms in total. The summed E-state index contributed by atoms with van der Waals surface area (Å²) in [5.41, 5.74) is 1.45. The van der Waals surface area contributed by atoms with Gasteiger partial charge in [0.25, 0.3) is 0 Å².